The van der Waals surface area contributed by atoms with Gasteiger partial charge in [0.05, 0.1) is 6.54 Å². The summed E-state index contributed by atoms with van der Waals surface area (Å²) in [6.45, 7) is 5.91. The molecule has 1 atom stereocenters. The number of halogens is 1. The molecule has 0 radical (unpaired) electrons. The van der Waals surface area contributed by atoms with E-state index in [-0.39, 0.29) is 11.4 Å². The molecule has 0 spiro atoms. The predicted octanol–water partition coefficient (Wildman–Crippen LogP) is 4.47. The second-order valence-corrected chi connectivity index (χ2v) is 9.79. The van der Waals surface area contributed by atoms with E-state index in [1.54, 1.807) is 16.8 Å². The van der Waals surface area contributed by atoms with Crippen LogP contribution >= 0.6 is 0 Å². The van der Waals surface area contributed by atoms with Gasteiger partial charge in [-0.2, -0.15) is 0 Å². The van der Waals surface area contributed by atoms with Crippen LogP contribution in [-0.2, 0) is 19.5 Å². The molecule has 2 aromatic heterocycles. The summed E-state index contributed by atoms with van der Waals surface area (Å²) in [7, 11) is 0. The first-order valence-corrected chi connectivity index (χ1v) is 12.4. The maximum Gasteiger partial charge on any atom is 0.253 e. The number of fused-ring (bicyclic) bond motifs is 2. The topological polar surface area (TPSA) is 79.7 Å². The quantitative estimate of drug-likeness (QED) is 0.390. The van der Waals surface area contributed by atoms with E-state index in [1.165, 1.54) is 23.3 Å². The van der Waals surface area contributed by atoms with Crippen molar-refractivity contribution in [2.75, 3.05) is 6.54 Å². The Morgan fingerprint density at radius 3 is 2.57 bits per heavy atom. The number of hydrogen-bond acceptors (Lipinski definition) is 5. The van der Waals surface area contributed by atoms with Crippen molar-refractivity contribution in [1.29, 1.82) is 0 Å². The van der Waals surface area contributed by atoms with Gasteiger partial charge in [0.15, 0.2) is 5.82 Å². The highest BCUT2D eigenvalue weighted by Crippen LogP contribution is 2.32. The third-order valence-corrected chi connectivity index (χ3v) is 7.36. The molecule has 0 saturated heterocycles. The number of H-pyrrole nitrogens is 1. The van der Waals surface area contributed by atoms with Gasteiger partial charge in [0.2, 0.25) is 0 Å². The van der Waals surface area contributed by atoms with Crippen LogP contribution in [-0.4, -0.2) is 36.6 Å². The van der Waals surface area contributed by atoms with Crippen molar-refractivity contribution in [2.24, 2.45) is 0 Å². The normalized spacial score (nSPS) is 14.6. The van der Waals surface area contributed by atoms with Crippen molar-refractivity contribution < 1.29 is 4.39 Å². The zero-order valence-corrected chi connectivity index (χ0v) is 20.8. The second kappa shape index (κ2) is 9.37. The lowest BCUT2D eigenvalue weighted by molar-refractivity contribution is 0.194. The van der Waals surface area contributed by atoms with Crippen LogP contribution in [0, 0.1) is 19.7 Å². The number of aromatic nitrogens is 5. The Morgan fingerprint density at radius 1 is 1.00 bits per heavy atom. The number of benzene rings is 3. The molecule has 5 aromatic rings. The molecule has 0 fully saturated rings. The van der Waals surface area contributed by atoms with Crippen LogP contribution in [0.1, 0.15) is 45.2 Å². The fourth-order valence-corrected chi connectivity index (χ4v) is 5.22. The van der Waals surface area contributed by atoms with Crippen LogP contribution in [0.4, 0.5) is 4.39 Å². The monoisotopic (exact) mass is 494 g/mol. The zero-order chi connectivity index (χ0) is 25.5. The Bertz CT molecular complexity index is 1660. The Balaban J connectivity index is 1.48. The smallest absolute Gasteiger partial charge is 0.253 e. The van der Waals surface area contributed by atoms with Gasteiger partial charge in [-0.1, -0.05) is 36.4 Å². The first-order valence-electron chi connectivity index (χ1n) is 12.4. The van der Waals surface area contributed by atoms with E-state index in [9.17, 15) is 9.18 Å². The molecule has 3 heterocycles. The molecule has 0 amide bonds. The largest absolute Gasteiger partial charge is 0.322 e. The van der Waals surface area contributed by atoms with Crippen molar-refractivity contribution in [1.82, 2.24) is 30.1 Å². The van der Waals surface area contributed by atoms with Crippen molar-refractivity contribution in [3.8, 4) is 0 Å². The van der Waals surface area contributed by atoms with E-state index in [1.807, 2.05) is 25.1 Å². The number of aryl methyl sites for hydroxylation is 2. The van der Waals surface area contributed by atoms with Gasteiger partial charge in [0.1, 0.15) is 11.9 Å². The van der Waals surface area contributed by atoms with Gasteiger partial charge in [-0.25, -0.2) is 9.07 Å². The first-order chi connectivity index (χ1) is 18.0. The van der Waals surface area contributed by atoms with Crippen LogP contribution in [0.15, 0.2) is 71.5 Å². The molecule has 0 aliphatic carbocycles. The van der Waals surface area contributed by atoms with Gasteiger partial charge in [-0.05, 0) is 94.2 Å². The summed E-state index contributed by atoms with van der Waals surface area (Å²) in [5.41, 5.74) is 6.98. The number of pyridine rings is 1. The standard InChI is InChI=1S/C29H27FN6O/c1-18-13-23-15-25(29(37)31-26(23)14-19(18)2)27(35-12-11-21-5-3-4-6-22(21)17-35)28-32-33-34-36(28)16-20-7-9-24(30)10-8-20/h3-10,13-15,27H,11-12,16-17H2,1-2H3,(H,31,37)/t27-/m1/s1. The van der Waals surface area contributed by atoms with Crippen LogP contribution in [0.3, 0.4) is 0 Å². The number of nitrogens with zero attached hydrogens (tertiary/aromatic N) is 5. The highest BCUT2D eigenvalue weighted by atomic mass is 19.1. The minimum Gasteiger partial charge on any atom is -0.322 e. The Morgan fingerprint density at radius 2 is 1.76 bits per heavy atom. The molecule has 0 unspecified atom stereocenters. The Kier molecular flexibility index (Phi) is 5.88. The lowest BCUT2D eigenvalue weighted by Gasteiger charge is -2.34. The van der Waals surface area contributed by atoms with Crippen LogP contribution in [0.5, 0.6) is 0 Å². The maximum atomic E-state index is 13.6. The number of aromatic amines is 1. The van der Waals surface area contributed by atoms with E-state index in [2.05, 4.69) is 56.6 Å². The minimum absolute atomic E-state index is 0.157. The molecule has 0 bridgehead atoms. The summed E-state index contributed by atoms with van der Waals surface area (Å²) in [5.74, 6) is 0.288. The molecular formula is C29H27FN6O. The predicted molar refractivity (Wildman–Crippen MR) is 140 cm³/mol. The number of rotatable bonds is 5. The van der Waals surface area contributed by atoms with Gasteiger partial charge in [0.25, 0.3) is 5.56 Å². The van der Waals surface area contributed by atoms with Gasteiger partial charge >= 0.3 is 0 Å². The third-order valence-electron chi connectivity index (χ3n) is 7.36. The van der Waals surface area contributed by atoms with E-state index < -0.39 is 6.04 Å². The molecule has 3 aromatic carbocycles. The molecule has 37 heavy (non-hydrogen) atoms. The van der Waals surface area contributed by atoms with E-state index >= 15 is 0 Å². The van der Waals surface area contributed by atoms with Crippen molar-refractivity contribution >= 4 is 10.9 Å². The first kappa shape index (κ1) is 23.2. The maximum absolute atomic E-state index is 13.6. The minimum atomic E-state index is -0.460. The molecule has 6 rings (SSSR count). The van der Waals surface area contributed by atoms with E-state index in [0.29, 0.717) is 24.5 Å². The molecule has 1 N–H and O–H groups in total. The fraction of sp³-hybridized carbons (Fsp3) is 0.241. The number of hydrogen-bond donors (Lipinski definition) is 1. The second-order valence-electron chi connectivity index (χ2n) is 9.79. The average Bonchev–Trinajstić information content (AvgIpc) is 3.34. The van der Waals surface area contributed by atoms with E-state index in [4.69, 9.17) is 0 Å². The summed E-state index contributed by atoms with van der Waals surface area (Å²) in [6, 6.07) is 20.3. The molecule has 186 valence electrons. The van der Waals surface area contributed by atoms with Crippen molar-refractivity contribution in [2.45, 2.75) is 39.4 Å². The van der Waals surface area contributed by atoms with Gasteiger partial charge in [0, 0.05) is 24.2 Å². The van der Waals surface area contributed by atoms with Crippen LogP contribution < -0.4 is 5.56 Å². The summed E-state index contributed by atoms with van der Waals surface area (Å²) in [5, 5.41) is 13.6. The summed E-state index contributed by atoms with van der Waals surface area (Å²) < 4.78 is 15.2. The highest BCUT2D eigenvalue weighted by molar-refractivity contribution is 5.81. The molecular weight excluding hydrogens is 467 g/mol. The molecule has 8 heteroatoms. The molecule has 1 aliphatic heterocycles. The van der Waals surface area contributed by atoms with Gasteiger partial charge in [-0.15, -0.1) is 5.10 Å². The fourth-order valence-electron chi connectivity index (χ4n) is 5.22. The zero-order valence-electron chi connectivity index (χ0n) is 20.8. The molecule has 0 saturated carbocycles. The van der Waals surface area contributed by atoms with Gasteiger partial charge in [-0.3, -0.25) is 9.69 Å². The lowest BCUT2D eigenvalue weighted by atomic mass is 9.95. The van der Waals surface area contributed by atoms with Crippen LogP contribution in [0.25, 0.3) is 10.9 Å². The lowest BCUT2D eigenvalue weighted by Crippen LogP contribution is -2.38. The molecule has 1 aliphatic rings. The Labute approximate surface area is 213 Å². The molecule has 7 nitrogen and oxygen atoms in total. The van der Waals surface area contributed by atoms with Gasteiger partial charge < -0.3 is 4.98 Å². The van der Waals surface area contributed by atoms with Crippen LogP contribution in [0.2, 0.25) is 0 Å². The van der Waals surface area contributed by atoms with Crippen molar-refractivity contribution in [3.63, 3.8) is 0 Å². The number of nitrogens with one attached hydrogen (secondary N) is 1. The van der Waals surface area contributed by atoms with Crippen molar-refractivity contribution in [3.05, 3.63) is 122 Å². The average molecular weight is 495 g/mol. The third kappa shape index (κ3) is 4.44. The highest BCUT2D eigenvalue weighted by Gasteiger charge is 2.32. The SMILES string of the molecule is Cc1cc2cc([C@H](c3nnnn3Cc3ccc(F)cc3)N3CCc4ccccc4C3)c(=O)[nH]c2cc1C. The number of tetrazole rings is 1. The summed E-state index contributed by atoms with van der Waals surface area (Å²) in [6.07, 6.45) is 0.871. The summed E-state index contributed by atoms with van der Waals surface area (Å²) >= 11 is 0. The Hall–Kier alpha value is -4.17. The van der Waals surface area contributed by atoms with E-state index in [0.717, 1.165) is 40.6 Å². The summed E-state index contributed by atoms with van der Waals surface area (Å²) in [4.78, 5) is 18.9.